The Morgan fingerprint density at radius 1 is 1.42 bits per heavy atom. The number of anilines is 1. The molecule has 3 aromatic rings. The van der Waals surface area contributed by atoms with Gasteiger partial charge < -0.3 is 14.8 Å². The van der Waals surface area contributed by atoms with Crippen LogP contribution in [0.15, 0.2) is 45.2 Å². The Labute approximate surface area is 112 Å². The number of nitrogen functional groups attached to an aromatic ring is 1. The second kappa shape index (κ2) is 4.40. The van der Waals surface area contributed by atoms with E-state index in [0.717, 1.165) is 10.4 Å². The van der Waals surface area contributed by atoms with Crippen molar-refractivity contribution in [2.45, 2.75) is 0 Å². The van der Waals surface area contributed by atoms with Crippen molar-refractivity contribution in [3.05, 3.63) is 46.2 Å². The van der Waals surface area contributed by atoms with Gasteiger partial charge in [0, 0.05) is 29.8 Å². The summed E-state index contributed by atoms with van der Waals surface area (Å²) in [5.41, 5.74) is 7.77. The van der Waals surface area contributed by atoms with Crippen LogP contribution in [0.4, 0.5) is 5.88 Å². The van der Waals surface area contributed by atoms with Crippen LogP contribution in [0.1, 0.15) is 0 Å². The number of rotatable bonds is 2. The van der Waals surface area contributed by atoms with Crippen LogP contribution in [0.3, 0.4) is 0 Å². The molecule has 0 saturated heterocycles. The molecule has 0 aliphatic carbocycles. The number of nitrogens with two attached hydrogens (primary N) is 1. The highest BCUT2D eigenvalue weighted by atomic mass is 32.1. The van der Waals surface area contributed by atoms with Crippen molar-refractivity contribution in [1.82, 2.24) is 9.72 Å². The van der Waals surface area contributed by atoms with E-state index in [1.54, 1.807) is 24.6 Å². The molecule has 0 fully saturated rings. The lowest BCUT2D eigenvalue weighted by Gasteiger charge is -2.01. The Hall–Kier alpha value is -2.34. The van der Waals surface area contributed by atoms with Gasteiger partial charge >= 0.3 is 0 Å². The highest BCUT2D eigenvalue weighted by Gasteiger charge is 2.18. The van der Waals surface area contributed by atoms with Gasteiger partial charge in [-0.25, -0.2) is 0 Å². The molecule has 0 spiro atoms. The average Bonchev–Trinajstić information content (AvgIpc) is 3.01. The maximum atomic E-state index is 11.7. The molecule has 0 amide bonds. The number of thiophene rings is 1. The standard InChI is InChI=1S/C13H11N3O2S/c1-16-5-4-8(7-10(16)17)12-11(13(14)18-15-12)9-3-2-6-19-9/h2-7H,14H2,1H3. The van der Waals surface area contributed by atoms with Gasteiger partial charge in [0.2, 0.25) is 5.88 Å². The minimum atomic E-state index is -0.101. The maximum absolute atomic E-state index is 11.7. The predicted molar refractivity (Wildman–Crippen MR) is 74.9 cm³/mol. The van der Waals surface area contributed by atoms with Crippen LogP contribution in [-0.2, 0) is 7.05 Å². The molecule has 0 atom stereocenters. The van der Waals surface area contributed by atoms with Crippen LogP contribution < -0.4 is 11.3 Å². The number of aromatic nitrogens is 2. The van der Waals surface area contributed by atoms with E-state index in [9.17, 15) is 4.79 Å². The first-order chi connectivity index (χ1) is 9.16. The zero-order valence-corrected chi connectivity index (χ0v) is 11.0. The zero-order valence-electron chi connectivity index (χ0n) is 10.2. The van der Waals surface area contributed by atoms with Crippen molar-refractivity contribution in [2.24, 2.45) is 7.05 Å². The zero-order chi connectivity index (χ0) is 13.4. The second-order valence-electron chi connectivity index (χ2n) is 4.11. The summed E-state index contributed by atoms with van der Waals surface area (Å²) in [5.74, 6) is 0.262. The monoisotopic (exact) mass is 273 g/mol. The van der Waals surface area contributed by atoms with E-state index in [2.05, 4.69) is 5.16 Å². The number of aryl methyl sites for hydroxylation is 1. The first-order valence-corrected chi connectivity index (χ1v) is 6.51. The molecule has 5 nitrogen and oxygen atoms in total. The SMILES string of the molecule is Cn1ccc(-c2noc(N)c2-c2cccs2)cc1=O. The first kappa shape index (κ1) is 11.7. The Morgan fingerprint density at radius 3 is 2.95 bits per heavy atom. The van der Waals surface area contributed by atoms with E-state index >= 15 is 0 Å². The van der Waals surface area contributed by atoms with E-state index in [1.165, 1.54) is 10.6 Å². The van der Waals surface area contributed by atoms with Crippen LogP contribution in [0.2, 0.25) is 0 Å². The lowest BCUT2D eigenvalue weighted by Crippen LogP contribution is -2.14. The molecule has 3 rings (SSSR count). The molecule has 96 valence electrons. The van der Waals surface area contributed by atoms with E-state index in [4.69, 9.17) is 10.3 Å². The molecule has 3 aromatic heterocycles. The molecular weight excluding hydrogens is 262 g/mol. The van der Waals surface area contributed by atoms with E-state index in [0.29, 0.717) is 11.3 Å². The van der Waals surface area contributed by atoms with Crippen molar-refractivity contribution < 1.29 is 4.52 Å². The van der Waals surface area contributed by atoms with Crippen LogP contribution in [0.25, 0.3) is 21.7 Å². The molecule has 6 heteroatoms. The fourth-order valence-corrected chi connectivity index (χ4v) is 2.63. The number of hydrogen-bond acceptors (Lipinski definition) is 5. The quantitative estimate of drug-likeness (QED) is 0.777. The van der Waals surface area contributed by atoms with Crippen LogP contribution in [-0.4, -0.2) is 9.72 Å². The lowest BCUT2D eigenvalue weighted by molar-refractivity contribution is 0.439. The smallest absolute Gasteiger partial charge is 0.250 e. The minimum Gasteiger partial charge on any atom is -0.367 e. The normalized spacial score (nSPS) is 10.8. The number of hydrogen-bond donors (Lipinski definition) is 1. The number of pyridine rings is 1. The molecule has 0 radical (unpaired) electrons. The number of nitrogens with zero attached hydrogens (tertiary/aromatic N) is 2. The highest BCUT2D eigenvalue weighted by molar-refractivity contribution is 7.13. The Morgan fingerprint density at radius 2 is 2.26 bits per heavy atom. The first-order valence-electron chi connectivity index (χ1n) is 5.63. The molecule has 0 saturated carbocycles. The average molecular weight is 273 g/mol. The third-order valence-electron chi connectivity index (χ3n) is 2.86. The summed E-state index contributed by atoms with van der Waals surface area (Å²) in [7, 11) is 1.70. The summed E-state index contributed by atoms with van der Waals surface area (Å²) >= 11 is 1.55. The van der Waals surface area contributed by atoms with Gasteiger partial charge in [-0.2, -0.15) is 0 Å². The van der Waals surface area contributed by atoms with Gasteiger partial charge in [0.25, 0.3) is 5.56 Å². The molecular formula is C13H11N3O2S. The molecule has 0 aliphatic heterocycles. The Balaban J connectivity index is 2.21. The molecule has 0 bridgehead atoms. The predicted octanol–water partition coefficient (Wildman–Crippen LogP) is 2.35. The minimum absolute atomic E-state index is 0.101. The van der Waals surface area contributed by atoms with Gasteiger partial charge in [0.1, 0.15) is 5.69 Å². The third-order valence-corrected chi connectivity index (χ3v) is 3.75. The molecule has 0 aliphatic rings. The fourth-order valence-electron chi connectivity index (χ4n) is 1.85. The summed E-state index contributed by atoms with van der Waals surface area (Å²) in [4.78, 5) is 12.7. The van der Waals surface area contributed by atoms with Gasteiger partial charge in [0.15, 0.2) is 0 Å². The molecule has 3 heterocycles. The van der Waals surface area contributed by atoms with Crippen LogP contribution in [0.5, 0.6) is 0 Å². The van der Waals surface area contributed by atoms with Gasteiger partial charge in [-0.1, -0.05) is 11.2 Å². The van der Waals surface area contributed by atoms with Crippen molar-refractivity contribution in [1.29, 1.82) is 0 Å². The summed E-state index contributed by atoms with van der Waals surface area (Å²) in [5, 5.41) is 5.93. The van der Waals surface area contributed by atoms with E-state index < -0.39 is 0 Å². The van der Waals surface area contributed by atoms with Gasteiger partial charge in [0.05, 0.1) is 5.56 Å². The van der Waals surface area contributed by atoms with Crippen molar-refractivity contribution in [3.8, 4) is 21.7 Å². The topological polar surface area (TPSA) is 74.1 Å². The van der Waals surface area contributed by atoms with E-state index in [-0.39, 0.29) is 11.4 Å². The lowest BCUT2D eigenvalue weighted by atomic mass is 10.1. The molecule has 0 unspecified atom stereocenters. The van der Waals surface area contributed by atoms with Crippen molar-refractivity contribution in [2.75, 3.05) is 5.73 Å². The molecule has 2 N–H and O–H groups in total. The molecule has 0 aromatic carbocycles. The Kier molecular flexibility index (Phi) is 2.72. The van der Waals surface area contributed by atoms with Crippen LogP contribution in [0, 0.1) is 0 Å². The van der Waals surface area contributed by atoms with Crippen molar-refractivity contribution in [3.63, 3.8) is 0 Å². The van der Waals surface area contributed by atoms with Gasteiger partial charge in [-0.15, -0.1) is 11.3 Å². The summed E-state index contributed by atoms with van der Waals surface area (Å²) < 4.78 is 6.57. The fraction of sp³-hybridized carbons (Fsp3) is 0.0769. The largest absolute Gasteiger partial charge is 0.367 e. The summed E-state index contributed by atoms with van der Waals surface area (Å²) in [6, 6.07) is 7.21. The van der Waals surface area contributed by atoms with Crippen molar-refractivity contribution >= 4 is 17.2 Å². The molecule has 19 heavy (non-hydrogen) atoms. The second-order valence-corrected chi connectivity index (χ2v) is 5.06. The van der Waals surface area contributed by atoms with Gasteiger partial charge in [-0.05, 0) is 17.5 Å². The highest BCUT2D eigenvalue weighted by Crippen LogP contribution is 2.37. The third kappa shape index (κ3) is 1.96. The summed E-state index contributed by atoms with van der Waals surface area (Å²) in [6.45, 7) is 0. The maximum Gasteiger partial charge on any atom is 0.250 e. The summed E-state index contributed by atoms with van der Waals surface area (Å²) in [6.07, 6.45) is 1.70. The van der Waals surface area contributed by atoms with E-state index in [1.807, 2.05) is 23.6 Å². The van der Waals surface area contributed by atoms with Gasteiger partial charge in [-0.3, -0.25) is 4.79 Å². The van der Waals surface area contributed by atoms with Crippen LogP contribution >= 0.6 is 11.3 Å². The Bertz CT molecular complexity index is 772.